The number of rotatable bonds is 7. The predicted molar refractivity (Wildman–Crippen MR) is 102 cm³/mol. The van der Waals surface area contributed by atoms with Crippen LogP contribution in [-0.2, 0) is 6.42 Å². The molecule has 3 rings (SSSR count). The number of hydrogen-bond donors (Lipinski definition) is 3. The number of hydrogen-bond acceptors (Lipinski definition) is 3. The summed E-state index contributed by atoms with van der Waals surface area (Å²) < 4.78 is 0. The van der Waals surface area contributed by atoms with Crippen LogP contribution in [0.3, 0.4) is 0 Å². The minimum atomic E-state index is -0.0814. The minimum Gasteiger partial charge on any atom is -0.383 e. The van der Waals surface area contributed by atoms with E-state index in [9.17, 15) is 4.79 Å². The molecule has 0 aliphatic rings. The Kier molecular flexibility index (Phi) is 5.33. The van der Waals surface area contributed by atoms with E-state index in [2.05, 4.69) is 45.0 Å². The van der Waals surface area contributed by atoms with Gasteiger partial charge < -0.3 is 15.6 Å². The van der Waals surface area contributed by atoms with Crippen LogP contribution >= 0.6 is 0 Å². The van der Waals surface area contributed by atoms with Crippen LogP contribution in [-0.4, -0.2) is 28.5 Å². The molecule has 0 bridgehead atoms. The Balaban J connectivity index is 1.60. The molecule has 1 amide bonds. The van der Waals surface area contributed by atoms with Crippen molar-refractivity contribution in [1.82, 2.24) is 15.3 Å². The number of pyridine rings is 1. The number of para-hydroxylation sites is 1. The number of nitrogens with one attached hydrogen (secondary N) is 3. The quantitative estimate of drug-likeness (QED) is 0.615. The summed E-state index contributed by atoms with van der Waals surface area (Å²) >= 11 is 0. The lowest BCUT2D eigenvalue weighted by atomic mass is 10.1. The summed E-state index contributed by atoms with van der Waals surface area (Å²) in [5.74, 6) is -0.0814. The molecule has 25 heavy (non-hydrogen) atoms. The Morgan fingerprint density at radius 3 is 2.96 bits per heavy atom. The molecule has 0 aliphatic carbocycles. The average molecular weight is 336 g/mol. The van der Waals surface area contributed by atoms with Crippen LogP contribution in [0.5, 0.6) is 0 Å². The van der Waals surface area contributed by atoms with Crippen molar-refractivity contribution in [3.05, 3.63) is 60.0 Å². The molecular weight excluding hydrogens is 312 g/mol. The Morgan fingerprint density at radius 2 is 2.12 bits per heavy atom. The number of aromatic nitrogens is 2. The van der Waals surface area contributed by atoms with Crippen molar-refractivity contribution in [1.29, 1.82) is 0 Å². The van der Waals surface area contributed by atoms with Crippen LogP contribution in [0.4, 0.5) is 5.69 Å². The lowest BCUT2D eigenvalue weighted by Gasteiger charge is -2.12. The zero-order valence-corrected chi connectivity index (χ0v) is 14.7. The number of aromatic amines is 1. The summed E-state index contributed by atoms with van der Waals surface area (Å²) in [4.78, 5) is 19.7. The molecule has 0 aliphatic heterocycles. The largest absolute Gasteiger partial charge is 0.383 e. The maximum atomic E-state index is 12.2. The molecule has 1 atom stereocenters. The van der Waals surface area contributed by atoms with E-state index in [0.717, 1.165) is 30.6 Å². The maximum Gasteiger partial charge on any atom is 0.253 e. The number of H-pyrrole nitrogens is 1. The molecule has 3 N–H and O–H groups in total. The van der Waals surface area contributed by atoms with Gasteiger partial charge in [-0.25, -0.2) is 0 Å². The number of amides is 1. The van der Waals surface area contributed by atoms with Gasteiger partial charge in [-0.05, 0) is 37.5 Å². The van der Waals surface area contributed by atoms with E-state index in [1.807, 2.05) is 26.0 Å². The normalized spacial score (nSPS) is 12.1. The monoisotopic (exact) mass is 336 g/mol. The second kappa shape index (κ2) is 7.83. The molecule has 2 heterocycles. The fourth-order valence-corrected chi connectivity index (χ4v) is 2.75. The number of carbonyl (C=O) groups is 1. The topological polar surface area (TPSA) is 69.8 Å². The van der Waals surface area contributed by atoms with Crippen molar-refractivity contribution < 1.29 is 4.79 Å². The summed E-state index contributed by atoms with van der Waals surface area (Å²) in [5.41, 5.74) is 3.87. The van der Waals surface area contributed by atoms with E-state index < -0.39 is 0 Å². The van der Waals surface area contributed by atoms with Gasteiger partial charge in [-0.1, -0.05) is 25.1 Å². The van der Waals surface area contributed by atoms with E-state index in [1.54, 1.807) is 12.4 Å². The van der Waals surface area contributed by atoms with Crippen molar-refractivity contribution in [2.75, 3.05) is 11.9 Å². The first-order valence-corrected chi connectivity index (χ1v) is 8.72. The third kappa shape index (κ3) is 4.18. The molecule has 130 valence electrons. The average Bonchev–Trinajstić information content (AvgIpc) is 3.05. The highest BCUT2D eigenvalue weighted by Gasteiger charge is 2.09. The van der Waals surface area contributed by atoms with Gasteiger partial charge in [0.1, 0.15) is 0 Å². The third-order valence-electron chi connectivity index (χ3n) is 4.39. The molecule has 0 radical (unpaired) electrons. The highest BCUT2D eigenvalue weighted by atomic mass is 16.1. The van der Waals surface area contributed by atoms with Gasteiger partial charge >= 0.3 is 0 Å². The van der Waals surface area contributed by atoms with Gasteiger partial charge in [0.05, 0.1) is 11.3 Å². The second-order valence-electron chi connectivity index (χ2n) is 6.28. The molecule has 2 aromatic heterocycles. The number of carbonyl (C=O) groups excluding carboxylic acids is 1. The SMILES string of the molecule is CCC(C)NC(=O)c1cncc(NCCc2c[nH]c3ccccc23)c1. The molecule has 1 unspecified atom stereocenters. The first kappa shape index (κ1) is 17.0. The van der Waals surface area contributed by atoms with Crippen molar-refractivity contribution in [3.63, 3.8) is 0 Å². The summed E-state index contributed by atoms with van der Waals surface area (Å²) in [5, 5.41) is 7.57. The van der Waals surface area contributed by atoms with Gasteiger partial charge in [0.15, 0.2) is 0 Å². The predicted octanol–water partition coefficient (Wildman–Crippen LogP) is 3.75. The van der Waals surface area contributed by atoms with Gasteiger partial charge in [0, 0.05) is 42.1 Å². The van der Waals surface area contributed by atoms with Crippen LogP contribution in [0.2, 0.25) is 0 Å². The van der Waals surface area contributed by atoms with Crippen LogP contribution in [0.25, 0.3) is 10.9 Å². The second-order valence-corrected chi connectivity index (χ2v) is 6.28. The third-order valence-corrected chi connectivity index (χ3v) is 4.39. The van der Waals surface area contributed by atoms with Gasteiger partial charge in [-0.3, -0.25) is 9.78 Å². The number of fused-ring (bicyclic) bond motifs is 1. The molecule has 5 nitrogen and oxygen atoms in total. The van der Waals surface area contributed by atoms with Crippen LogP contribution < -0.4 is 10.6 Å². The summed E-state index contributed by atoms with van der Waals surface area (Å²) in [6.07, 6.45) is 7.20. The maximum absolute atomic E-state index is 12.2. The zero-order chi connectivity index (χ0) is 17.6. The lowest BCUT2D eigenvalue weighted by molar-refractivity contribution is 0.0939. The van der Waals surface area contributed by atoms with E-state index in [4.69, 9.17) is 0 Å². The molecule has 0 saturated heterocycles. The van der Waals surface area contributed by atoms with E-state index in [-0.39, 0.29) is 11.9 Å². The Bertz CT molecular complexity index is 856. The van der Waals surface area contributed by atoms with Gasteiger partial charge in [-0.2, -0.15) is 0 Å². The lowest BCUT2D eigenvalue weighted by Crippen LogP contribution is -2.32. The molecular formula is C20H24N4O. The summed E-state index contributed by atoms with van der Waals surface area (Å²) in [7, 11) is 0. The van der Waals surface area contributed by atoms with Crippen molar-refractivity contribution in [3.8, 4) is 0 Å². The van der Waals surface area contributed by atoms with E-state index in [0.29, 0.717) is 5.56 Å². The molecule has 0 fully saturated rings. The number of nitrogens with zero attached hydrogens (tertiary/aromatic N) is 1. The molecule has 0 spiro atoms. The van der Waals surface area contributed by atoms with E-state index in [1.165, 1.54) is 10.9 Å². The summed E-state index contributed by atoms with van der Waals surface area (Å²) in [6, 6.07) is 10.3. The fraction of sp³-hybridized carbons (Fsp3) is 0.300. The van der Waals surface area contributed by atoms with Gasteiger partial charge in [-0.15, -0.1) is 0 Å². The first-order chi connectivity index (χ1) is 12.2. The first-order valence-electron chi connectivity index (χ1n) is 8.72. The smallest absolute Gasteiger partial charge is 0.253 e. The molecule has 1 aromatic carbocycles. The fourth-order valence-electron chi connectivity index (χ4n) is 2.75. The van der Waals surface area contributed by atoms with Gasteiger partial charge in [0.2, 0.25) is 0 Å². The van der Waals surface area contributed by atoms with Crippen LogP contribution in [0, 0.1) is 0 Å². The molecule has 5 heteroatoms. The zero-order valence-electron chi connectivity index (χ0n) is 14.7. The highest BCUT2D eigenvalue weighted by molar-refractivity contribution is 5.94. The Morgan fingerprint density at radius 1 is 1.28 bits per heavy atom. The summed E-state index contributed by atoms with van der Waals surface area (Å²) in [6.45, 7) is 4.82. The number of anilines is 1. The Hall–Kier alpha value is -2.82. The molecule has 0 saturated carbocycles. The van der Waals surface area contributed by atoms with Crippen molar-refractivity contribution >= 4 is 22.5 Å². The minimum absolute atomic E-state index is 0.0814. The van der Waals surface area contributed by atoms with E-state index >= 15 is 0 Å². The van der Waals surface area contributed by atoms with Gasteiger partial charge in [0.25, 0.3) is 5.91 Å². The highest BCUT2D eigenvalue weighted by Crippen LogP contribution is 2.18. The standard InChI is InChI=1S/C20H24N4O/c1-3-14(2)24-20(25)16-10-17(13-21-11-16)22-9-8-15-12-23-19-7-5-4-6-18(15)19/h4-7,10-14,22-23H,3,8-9H2,1-2H3,(H,24,25). The van der Waals surface area contributed by atoms with Crippen LogP contribution in [0.1, 0.15) is 36.2 Å². The Labute approximate surface area is 147 Å². The van der Waals surface area contributed by atoms with Crippen molar-refractivity contribution in [2.24, 2.45) is 0 Å². The number of benzene rings is 1. The van der Waals surface area contributed by atoms with Crippen LogP contribution in [0.15, 0.2) is 48.9 Å². The van der Waals surface area contributed by atoms with Crippen molar-refractivity contribution in [2.45, 2.75) is 32.7 Å². The molecule has 3 aromatic rings.